The van der Waals surface area contributed by atoms with Crippen molar-refractivity contribution in [1.29, 1.82) is 0 Å². The summed E-state index contributed by atoms with van der Waals surface area (Å²) in [6, 6.07) is -0.0777. The average molecular weight is 287 g/mol. The maximum absolute atomic E-state index is 12.0. The van der Waals surface area contributed by atoms with Crippen LogP contribution in [-0.2, 0) is 9.53 Å². The van der Waals surface area contributed by atoms with Crippen LogP contribution < -0.4 is 5.32 Å². The van der Waals surface area contributed by atoms with Gasteiger partial charge in [-0.2, -0.15) is 0 Å². The number of carbonyl (C=O) groups is 2. The maximum Gasteiger partial charge on any atom is 0.323 e. The lowest BCUT2D eigenvalue weighted by molar-refractivity contribution is -0.137. The van der Waals surface area contributed by atoms with Gasteiger partial charge >= 0.3 is 12.0 Å². The van der Waals surface area contributed by atoms with Gasteiger partial charge in [-0.15, -0.1) is 0 Å². The SMILES string of the molecule is COCCN(CC(=O)O)C(=O)NCC(C)N1CCCC1. The highest BCUT2D eigenvalue weighted by molar-refractivity contribution is 5.80. The quantitative estimate of drug-likeness (QED) is 0.667. The van der Waals surface area contributed by atoms with Crippen molar-refractivity contribution in [3.8, 4) is 0 Å². The van der Waals surface area contributed by atoms with Crippen LogP contribution in [0.4, 0.5) is 4.79 Å². The number of carbonyl (C=O) groups excluding carboxylic acids is 1. The fourth-order valence-electron chi connectivity index (χ4n) is 2.28. The van der Waals surface area contributed by atoms with Gasteiger partial charge in [-0.25, -0.2) is 4.79 Å². The standard InChI is InChI=1S/C13H25N3O4/c1-11(15-5-3-4-6-15)9-14-13(19)16(7-8-20-2)10-12(17)18/h11H,3-10H2,1-2H3,(H,14,19)(H,17,18). The number of nitrogens with zero attached hydrogens (tertiary/aromatic N) is 2. The first-order valence-electron chi connectivity index (χ1n) is 7.02. The summed E-state index contributed by atoms with van der Waals surface area (Å²) in [5.41, 5.74) is 0. The number of carboxylic acid groups (broad SMARTS) is 1. The minimum Gasteiger partial charge on any atom is -0.480 e. The Morgan fingerprint density at radius 3 is 2.60 bits per heavy atom. The van der Waals surface area contributed by atoms with Gasteiger partial charge in [0.25, 0.3) is 0 Å². The van der Waals surface area contributed by atoms with E-state index in [4.69, 9.17) is 9.84 Å². The Bertz CT molecular complexity index is 319. The van der Waals surface area contributed by atoms with Gasteiger partial charge in [0.15, 0.2) is 0 Å². The van der Waals surface area contributed by atoms with E-state index in [-0.39, 0.29) is 25.2 Å². The molecule has 0 aromatic carbocycles. The van der Waals surface area contributed by atoms with E-state index in [1.54, 1.807) is 0 Å². The normalized spacial score (nSPS) is 16.9. The molecule has 1 atom stereocenters. The van der Waals surface area contributed by atoms with Crippen LogP contribution in [0, 0.1) is 0 Å². The summed E-state index contributed by atoms with van der Waals surface area (Å²) in [4.78, 5) is 26.3. The van der Waals surface area contributed by atoms with Crippen LogP contribution in [0.5, 0.6) is 0 Å². The van der Waals surface area contributed by atoms with Gasteiger partial charge in [0.05, 0.1) is 6.61 Å². The molecule has 1 heterocycles. The van der Waals surface area contributed by atoms with E-state index in [0.29, 0.717) is 13.2 Å². The van der Waals surface area contributed by atoms with E-state index in [2.05, 4.69) is 17.1 Å². The summed E-state index contributed by atoms with van der Waals surface area (Å²) in [7, 11) is 1.52. The lowest BCUT2D eigenvalue weighted by atomic mass is 10.3. The van der Waals surface area contributed by atoms with Crippen molar-refractivity contribution in [2.75, 3.05) is 46.4 Å². The van der Waals surface area contributed by atoms with Crippen LogP contribution in [-0.4, -0.2) is 79.4 Å². The van der Waals surface area contributed by atoms with Crippen molar-refractivity contribution in [3.63, 3.8) is 0 Å². The van der Waals surface area contributed by atoms with Gasteiger partial charge in [-0.3, -0.25) is 9.69 Å². The number of urea groups is 1. The van der Waals surface area contributed by atoms with Crippen LogP contribution >= 0.6 is 0 Å². The molecule has 0 bridgehead atoms. The minimum atomic E-state index is -1.02. The average Bonchev–Trinajstić information content (AvgIpc) is 2.94. The molecule has 7 nitrogen and oxygen atoms in total. The zero-order valence-corrected chi connectivity index (χ0v) is 12.3. The van der Waals surface area contributed by atoms with Crippen LogP contribution in [0.1, 0.15) is 19.8 Å². The van der Waals surface area contributed by atoms with E-state index in [1.807, 2.05) is 0 Å². The molecule has 0 aromatic heterocycles. The molecule has 1 fully saturated rings. The second-order valence-corrected chi connectivity index (χ2v) is 5.09. The number of rotatable bonds is 8. The van der Waals surface area contributed by atoms with Crippen molar-refractivity contribution < 1.29 is 19.4 Å². The molecule has 2 N–H and O–H groups in total. The summed E-state index contributed by atoms with van der Waals surface area (Å²) >= 11 is 0. The van der Waals surface area contributed by atoms with Crippen molar-refractivity contribution in [2.24, 2.45) is 0 Å². The third-order valence-corrected chi connectivity index (χ3v) is 3.49. The van der Waals surface area contributed by atoms with Crippen LogP contribution in [0.2, 0.25) is 0 Å². The van der Waals surface area contributed by atoms with Gasteiger partial charge in [-0.1, -0.05) is 0 Å². The molecule has 0 spiro atoms. The predicted molar refractivity (Wildman–Crippen MR) is 74.8 cm³/mol. The molecule has 20 heavy (non-hydrogen) atoms. The molecule has 1 rings (SSSR count). The molecule has 116 valence electrons. The molecule has 1 aliphatic rings. The highest BCUT2D eigenvalue weighted by atomic mass is 16.5. The second kappa shape index (κ2) is 8.76. The number of methoxy groups -OCH3 is 1. The number of hydrogen-bond acceptors (Lipinski definition) is 4. The Labute approximate surface area is 119 Å². The van der Waals surface area contributed by atoms with E-state index in [0.717, 1.165) is 13.1 Å². The van der Waals surface area contributed by atoms with Crippen LogP contribution in [0.15, 0.2) is 0 Å². The van der Waals surface area contributed by atoms with Gasteiger partial charge < -0.3 is 20.1 Å². The molecule has 1 aliphatic heterocycles. The summed E-state index contributed by atoms with van der Waals surface area (Å²) in [5, 5.41) is 11.6. The zero-order chi connectivity index (χ0) is 15.0. The lowest BCUT2D eigenvalue weighted by Crippen LogP contribution is -2.48. The van der Waals surface area contributed by atoms with Gasteiger partial charge in [0, 0.05) is 26.2 Å². The molecule has 0 saturated carbocycles. The van der Waals surface area contributed by atoms with Crippen molar-refractivity contribution in [1.82, 2.24) is 15.1 Å². The first-order chi connectivity index (χ1) is 9.54. The first-order valence-corrected chi connectivity index (χ1v) is 7.02. The largest absolute Gasteiger partial charge is 0.480 e. The highest BCUT2D eigenvalue weighted by Gasteiger charge is 2.20. The molecule has 1 unspecified atom stereocenters. The summed E-state index contributed by atoms with van der Waals surface area (Å²) in [5.74, 6) is -1.02. The fourth-order valence-corrected chi connectivity index (χ4v) is 2.28. The number of ether oxygens (including phenoxy) is 1. The first kappa shape index (κ1) is 16.7. The number of amides is 2. The molecule has 0 radical (unpaired) electrons. The number of likely N-dealkylation sites (tertiary alicyclic amines) is 1. The van der Waals surface area contributed by atoms with E-state index in [1.165, 1.54) is 24.9 Å². The summed E-state index contributed by atoms with van der Waals surface area (Å²) in [6.07, 6.45) is 2.41. The zero-order valence-electron chi connectivity index (χ0n) is 12.3. The van der Waals surface area contributed by atoms with Gasteiger partial charge in [0.1, 0.15) is 6.54 Å². The Kier molecular flexibility index (Phi) is 7.32. The van der Waals surface area contributed by atoms with Crippen LogP contribution in [0.25, 0.3) is 0 Å². The predicted octanol–water partition coefficient (Wildman–Crippen LogP) is 0.213. The fraction of sp³-hybridized carbons (Fsp3) is 0.846. The Balaban J connectivity index is 2.37. The Morgan fingerprint density at radius 1 is 1.40 bits per heavy atom. The minimum absolute atomic E-state index is 0.271. The third kappa shape index (κ3) is 5.75. The second-order valence-electron chi connectivity index (χ2n) is 5.09. The lowest BCUT2D eigenvalue weighted by Gasteiger charge is -2.26. The van der Waals surface area contributed by atoms with E-state index < -0.39 is 5.97 Å². The third-order valence-electron chi connectivity index (χ3n) is 3.49. The summed E-state index contributed by atoms with van der Waals surface area (Å²) < 4.78 is 4.89. The number of aliphatic carboxylic acids is 1. The molecule has 0 aliphatic carbocycles. The smallest absolute Gasteiger partial charge is 0.323 e. The van der Waals surface area contributed by atoms with E-state index >= 15 is 0 Å². The monoisotopic (exact) mass is 287 g/mol. The molecular formula is C13H25N3O4. The molecule has 2 amide bonds. The Morgan fingerprint density at radius 2 is 2.05 bits per heavy atom. The van der Waals surface area contributed by atoms with Crippen LogP contribution in [0.3, 0.4) is 0 Å². The number of nitrogens with one attached hydrogen (secondary N) is 1. The topological polar surface area (TPSA) is 82.1 Å². The molecular weight excluding hydrogens is 262 g/mol. The van der Waals surface area contributed by atoms with Crippen molar-refractivity contribution in [3.05, 3.63) is 0 Å². The summed E-state index contributed by atoms with van der Waals surface area (Å²) in [6.45, 7) is 5.02. The number of hydrogen-bond donors (Lipinski definition) is 2. The molecule has 1 saturated heterocycles. The van der Waals surface area contributed by atoms with Gasteiger partial charge in [0.2, 0.25) is 0 Å². The van der Waals surface area contributed by atoms with E-state index in [9.17, 15) is 9.59 Å². The molecule has 0 aromatic rings. The molecule has 7 heteroatoms. The number of carboxylic acids is 1. The van der Waals surface area contributed by atoms with Crippen molar-refractivity contribution in [2.45, 2.75) is 25.8 Å². The van der Waals surface area contributed by atoms with Gasteiger partial charge in [-0.05, 0) is 32.9 Å². The Hall–Kier alpha value is -1.34. The van der Waals surface area contributed by atoms with Crippen molar-refractivity contribution >= 4 is 12.0 Å². The highest BCUT2D eigenvalue weighted by Crippen LogP contribution is 2.10. The maximum atomic E-state index is 12.0.